The minimum absolute atomic E-state index is 0.0857. The Hall–Kier alpha value is -2.53. The van der Waals surface area contributed by atoms with E-state index in [2.05, 4.69) is 5.32 Å². The maximum atomic E-state index is 13.6. The molecule has 1 amide bonds. The van der Waals surface area contributed by atoms with Crippen molar-refractivity contribution in [1.29, 1.82) is 0 Å². The molecular weight excluding hydrogens is 347 g/mol. The second-order valence-corrected chi connectivity index (χ2v) is 7.01. The van der Waals surface area contributed by atoms with Gasteiger partial charge in [0.1, 0.15) is 11.5 Å². The maximum Gasteiger partial charge on any atom is 0.267 e. The number of nitrogens with zero attached hydrogens (tertiary/aromatic N) is 1. The molecule has 3 aromatic rings. The second kappa shape index (κ2) is 9.25. The number of carbonyl (C=O) groups is 1. The maximum absolute atomic E-state index is 13.6. The Kier molecular flexibility index (Phi) is 6.50. The average molecular weight is 368 g/mol. The molecule has 0 radical (unpaired) electrons. The van der Waals surface area contributed by atoms with Gasteiger partial charge in [0.15, 0.2) is 0 Å². The van der Waals surface area contributed by atoms with Gasteiger partial charge in [-0.15, -0.1) is 0 Å². The summed E-state index contributed by atoms with van der Waals surface area (Å²) in [6.45, 7) is 1.22. The van der Waals surface area contributed by atoms with Crippen molar-refractivity contribution in [1.82, 2.24) is 9.88 Å². The van der Waals surface area contributed by atoms with Gasteiger partial charge in [-0.3, -0.25) is 4.79 Å². The molecule has 0 saturated heterocycles. The van der Waals surface area contributed by atoms with E-state index in [1.165, 1.54) is 6.07 Å². The zero-order chi connectivity index (χ0) is 18.2. The first-order chi connectivity index (χ1) is 12.7. The van der Waals surface area contributed by atoms with Gasteiger partial charge >= 0.3 is 0 Å². The Labute approximate surface area is 157 Å². The summed E-state index contributed by atoms with van der Waals surface area (Å²) in [6, 6.07) is 20.5. The van der Waals surface area contributed by atoms with Gasteiger partial charge in [-0.05, 0) is 29.3 Å². The highest BCUT2D eigenvalue weighted by molar-refractivity contribution is 7.98. The highest BCUT2D eigenvalue weighted by atomic mass is 32.2. The zero-order valence-electron chi connectivity index (χ0n) is 14.4. The topological polar surface area (TPSA) is 34.0 Å². The Bertz CT molecular complexity index is 848. The third kappa shape index (κ3) is 4.99. The van der Waals surface area contributed by atoms with Gasteiger partial charge in [-0.25, -0.2) is 4.39 Å². The van der Waals surface area contributed by atoms with E-state index in [0.717, 1.165) is 11.3 Å². The van der Waals surface area contributed by atoms with E-state index < -0.39 is 0 Å². The minimum atomic E-state index is -0.178. The van der Waals surface area contributed by atoms with Crippen molar-refractivity contribution in [3.05, 3.63) is 95.6 Å². The number of benzene rings is 2. The van der Waals surface area contributed by atoms with Crippen LogP contribution in [-0.2, 0) is 12.3 Å². The summed E-state index contributed by atoms with van der Waals surface area (Å²) in [6.07, 6.45) is 1.91. The molecule has 0 aliphatic rings. The van der Waals surface area contributed by atoms with Gasteiger partial charge in [0.25, 0.3) is 5.91 Å². The van der Waals surface area contributed by atoms with Gasteiger partial charge in [-0.1, -0.05) is 48.5 Å². The molecule has 0 atom stereocenters. The number of carbonyl (C=O) groups excluding carboxylic acids is 1. The molecule has 1 heterocycles. The quantitative estimate of drug-likeness (QED) is 0.600. The number of hydrogen-bond acceptors (Lipinski definition) is 2. The van der Waals surface area contributed by atoms with E-state index in [4.69, 9.17) is 0 Å². The van der Waals surface area contributed by atoms with E-state index >= 15 is 0 Å². The first kappa shape index (κ1) is 18.3. The summed E-state index contributed by atoms with van der Waals surface area (Å²) in [7, 11) is 0. The van der Waals surface area contributed by atoms with Crippen LogP contribution in [-0.4, -0.2) is 22.8 Å². The minimum Gasteiger partial charge on any atom is -0.350 e. The van der Waals surface area contributed by atoms with Gasteiger partial charge in [-0.2, -0.15) is 11.8 Å². The molecule has 2 aromatic carbocycles. The average Bonchev–Trinajstić information content (AvgIpc) is 3.12. The number of hydrogen-bond donors (Lipinski definition) is 1. The summed E-state index contributed by atoms with van der Waals surface area (Å²) in [5, 5.41) is 2.94. The van der Waals surface area contributed by atoms with E-state index in [1.807, 2.05) is 59.3 Å². The van der Waals surface area contributed by atoms with E-state index in [9.17, 15) is 9.18 Å². The molecule has 3 nitrogen and oxygen atoms in total. The zero-order valence-corrected chi connectivity index (χ0v) is 15.2. The Morgan fingerprint density at radius 1 is 1.00 bits per heavy atom. The number of halogens is 1. The fourth-order valence-corrected chi connectivity index (χ4v) is 3.51. The van der Waals surface area contributed by atoms with Crippen LogP contribution in [0.4, 0.5) is 4.39 Å². The normalized spacial score (nSPS) is 10.7. The lowest BCUT2D eigenvalue weighted by atomic mass is 10.2. The van der Waals surface area contributed by atoms with Crippen LogP contribution in [0.25, 0.3) is 0 Å². The molecule has 0 aliphatic heterocycles. The molecule has 0 aliphatic carbocycles. The molecule has 0 bridgehead atoms. The van der Waals surface area contributed by atoms with Crippen molar-refractivity contribution in [2.45, 2.75) is 12.3 Å². The molecule has 5 heteroatoms. The largest absolute Gasteiger partial charge is 0.350 e. The number of rotatable bonds is 8. The van der Waals surface area contributed by atoms with Gasteiger partial charge < -0.3 is 9.88 Å². The molecule has 3 rings (SSSR count). The summed E-state index contributed by atoms with van der Waals surface area (Å²) < 4.78 is 15.5. The Morgan fingerprint density at radius 2 is 1.77 bits per heavy atom. The highest BCUT2D eigenvalue weighted by Gasteiger charge is 2.10. The second-order valence-electron chi connectivity index (χ2n) is 5.91. The third-order valence-corrected chi connectivity index (χ3v) is 5.01. The number of nitrogens with one attached hydrogen (secondary N) is 1. The molecule has 0 spiro atoms. The summed E-state index contributed by atoms with van der Waals surface area (Å²) in [4.78, 5) is 12.4. The Balaban J connectivity index is 1.46. The van der Waals surface area contributed by atoms with Crippen LogP contribution >= 0.6 is 11.8 Å². The van der Waals surface area contributed by atoms with Gasteiger partial charge in [0.05, 0.1) is 0 Å². The van der Waals surface area contributed by atoms with Crippen LogP contribution in [0, 0.1) is 5.82 Å². The van der Waals surface area contributed by atoms with Crippen molar-refractivity contribution >= 4 is 17.7 Å². The molecule has 26 heavy (non-hydrogen) atoms. The van der Waals surface area contributed by atoms with Gasteiger partial charge in [0, 0.05) is 30.8 Å². The van der Waals surface area contributed by atoms with Crippen LogP contribution in [0.15, 0.2) is 72.9 Å². The third-order valence-electron chi connectivity index (χ3n) is 4.01. The summed E-state index contributed by atoms with van der Waals surface area (Å²) >= 11 is 1.61. The van der Waals surface area contributed by atoms with Crippen molar-refractivity contribution in [2.75, 3.05) is 12.3 Å². The van der Waals surface area contributed by atoms with E-state index in [0.29, 0.717) is 30.1 Å². The lowest BCUT2D eigenvalue weighted by molar-refractivity contribution is 0.0947. The van der Waals surface area contributed by atoms with Crippen molar-refractivity contribution in [3.8, 4) is 0 Å². The van der Waals surface area contributed by atoms with Crippen LogP contribution < -0.4 is 5.32 Å². The molecular formula is C21H21FN2OS. The first-order valence-electron chi connectivity index (χ1n) is 8.52. The number of amides is 1. The monoisotopic (exact) mass is 368 g/mol. The standard InChI is InChI=1S/C21H21FN2OS/c22-19-10-5-4-9-18(19)16-26-14-12-23-21(25)20-11-6-13-24(20)15-17-7-2-1-3-8-17/h1-11,13H,12,14-16H2,(H,23,25). The van der Waals surface area contributed by atoms with Crippen molar-refractivity contribution in [2.24, 2.45) is 0 Å². The lowest BCUT2D eigenvalue weighted by Gasteiger charge is -2.10. The highest BCUT2D eigenvalue weighted by Crippen LogP contribution is 2.15. The van der Waals surface area contributed by atoms with Crippen LogP contribution in [0.1, 0.15) is 21.6 Å². The first-order valence-corrected chi connectivity index (χ1v) is 9.68. The molecule has 1 N–H and O–H groups in total. The predicted molar refractivity (Wildman–Crippen MR) is 105 cm³/mol. The fraction of sp³-hybridized carbons (Fsp3) is 0.190. The summed E-state index contributed by atoms with van der Waals surface area (Å²) in [5.74, 6) is 1.08. The summed E-state index contributed by atoms with van der Waals surface area (Å²) in [5.41, 5.74) is 2.49. The molecule has 134 valence electrons. The van der Waals surface area contributed by atoms with Crippen LogP contribution in [0.3, 0.4) is 0 Å². The van der Waals surface area contributed by atoms with Gasteiger partial charge in [0.2, 0.25) is 0 Å². The van der Waals surface area contributed by atoms with Crippen LogP contribution in [0.2, 0.25) is 0 Å². The van der Waals surface area contributed by atoms with Crippen molar-refractivity contribution < 1.29 is 9.18 Å². The molecule has 0 unspecified atom stereocenters. The van der Waals surface area contributed by atoms with Crippen LogP contribution in [0.5, 0.6) is 0 Å². The smallest absolute Gasteiger partial charge is 0.267 e. The predicted octanol–water partition coefficient (Wildman–Crippen LogP) is 4.34. The molecule has 0 fully saturated rings. The Morgan fingerprint density at radius 3 is 2.58 bits per heavy atom. The van der Waals surface area contributed by atoms with E-state index in [-0.39, 0.29) is 11.7 Å². The lowest BCUT2D eigenvalue weighted by Crippen LogP contribution is -2.28. The fourth-order valence-electron chi connectivity index (χ4n) is 2.66. The molecule has 1 aromatic heterocycles. The van der Waals surface area contributed by atoms with Crippen molar-refractivity contribution in [3.63, 3.8) is 0 Å². The number of aromatic nitrogens is 1. The van der Waals surface area contributed by atoms with E-state index in [1.54, 1.807) is 23.9 Å². The SMILES string of the molecule is O=C(NCCSCc1ccccc1F)c1cccn1Cc1ccccc1. The molecule has 0 saturated carbocycles. The number of thioether (sulfide) groups is 1.